The van der Waals surface area contributed by atoms with Crippen molar-refractivity contribution >= 4 is 10.8 Å². The quantitative estimate of drug-likeness (QED) is 0.600. The lowest BCUT2D eigenvalue weighted by Gasteiger charge is -2.33. The maximum absolute atomic E-state index is 4.62. The highest BCUT2D eigenvalue weighted by Crippen LogP contribution is 2.46. The van der Waals surface area contributed by atoms with Gasteiger partial charge in [-0.3, -0.25) is 9.97 Å². The first kappa shape index (κ1) is 10.7. The van der Waals surface area contributed by atoms with Crippen LogP contribution in [0, 0.1) is 0 Å². The summed E-state index contributed by atoms with van der Waals surface area (Å²) >= 11 is 0. The van der Waals surface area contributed by atoms with Crippen LogP contribution in [0.15, 0.2) is 48.8 Å². The molecule has 0 atom stereocenters. The molecule has 0 N–H and O–H groups in total. The Hall–Kier alpha value is -2.22. The average molecular weight is 246 g/mol. The van der Waals surface area contributed by atoms with E-state index in [9.17, 15) is 0 Å². The lowest BCUT2D eigenvalue weighted by atomic mass is 9.72. The summed E-state index contributed by atoms with van der Waals surface area (Å²) in [5.74, 6) is 0. The number of aromatic nitrogens is 2. The zero-order valence-corrected chi connectivity index (χ0v) is 11.0. The molecule has 0 bridgehead atoms. The van der Waals surface area contributed by atoms with Gasteiger partial charge in [0.05, 0.1) is 11.4 Å². The number of rotatable bonds is 0. The summed E-state index contributed by atoms with van der Waals surface area (Å²) in [7, 11) is 0. The number of hydrogen-bond acceptors (Lipinski definition) is 2. The average Bonchev–Trinajstić information content (AvgIpc) is 2.45. The van der Waals surface area contributed by atoms with Gasteiger partial charge in [0.25, 0.3) is 0 Å². The fourth-order valence-corrected chi connectivity index (χ4v) is 3.18. The molecule has 0 radical (unpaired) electrons. The summed E-state index contributed by atoms with van der Waals surface area (Å²) in [5.41, 5.74) is 4.59. The van der Waals surface area contributed by atoms with E-state index in [-0.39, 0.29) is 5.41 Å². The van der Waals surface area contributed by atoms with Crippen molar-refractivity contribution in [3.05, 3.63) is 60.0 Å². The van der Waals surface area contributed by atoms with Crippen molar-refractivity contribution in [3.8, 4) is 11.3 Å². The molecule has 3 aromatic rings. The molecule has 0 fully saturated rings. The Morgan fingerprint density at radius 3 is 2.68 bits per heavy atom. The van der Waals surface area contributed by atoms with E-state index >= 15 is 0 Å². The van der Waals surface area contributed by atoms with Gasteiger partial charge in [-0.1, -0.05) is 32.0 Å². The van der Waals surface area contributed by atoms with Crippen molar-refractivity contribution in [2.24, 2.45) is 0 Å². The van der Waals surface area contributed by atoms with Crippen LogP contribution in [0.1, 0.15) is 25.1 Å². The Balaban J connectivity index is 2.28. The second-order valence-electron chi connectivity index (χ2n) is 5.59. The van der Waals surface area contributed by atoms with Gasteiger partial charge >= 0.3 is 0 Å². The first-order valence-corrected chi connectivity index (χ1v) is 6.53. The summed E-state index contributed by atoms with van der Waals surface area (Å²) in [6.45, 7) is 4.48. The van der Waals surface area contributed by atoms with Crippen molar-refractivity contribution in [1.82, 2.24) is 9.97 Å². The Bertz CT molecular complexity index is 798. The topological polar surface area (TPSA) is 25.8 Å². The largest absolute Gasteiger partial charge is 0.260 e. The van der Waals surface area contributed by atoms with E-state index in [0.717, 1.165) is 17.0 Å². The molecule has 1 aliphatic carbocycles. The number of benzene rings is 1. The third kappa shape index (κ3) is 1.26. The molecule has 1 aromatic carbocycles. The number of nitrogens with zero attached hydrogens (tertiary/aromatic N) is 2. The monoisotopic (exact) mass is 246 g/mol. The zero-order valence-electron chi connectivity index (χ0n) is 11.0. The number of pyridine rings is 2. The zero-order chi connectivity index (χ0) is 13.0. The van der Waals surface area contributed by atoms with Crippen LogP contribution >= 0.6 is 0 Å². The molecule has 0 aliphatic heterocycles. The highest BCUT2D eigenvalue weighted by molar-refractivity contribution is 6.00. The van der Waals surface area contributed by atoms with Crippen LogP contribution < -0.4 is 0 Å². The number of hydrogen-bond donors (Lipinski definition) is 0. The molecule has 19 heavy (non-hydrogen) atoms. The minimum absolute atomic E-state index is 0.0772. The van der Waals surface area contributed by atoms with Crippen molar-refractivity contribution in [2.45, 2.75) is 19.3 Å². The molecule has 1 aliphatic rings. The van der Waals surface area contributed by atoms with Crippen molar-refractivity contribution < 1.29 is 0 Å². The highest BCUT2D eigenvalue weighted by atomic mass is 14.8. The third-order valence-corrected chi connectivity index (χ3v) is 4.12. The van der Waals surface area contributed by atoms with Crippen molar-refractivity contribution in [1.29, 1.82) is 0 Å². The van der Waals surface area contributed by atoms with Gasteiger partial charge in [0, 0.05) is 28.8 Å². The van der Waals surface area contributed by atoms with Crippen LogP contribution in [0.2, 0.25) is 0 Å². The standard InChI is InChI=1S/C17H14N2/c1-17(2)13-7-3-5-11-8-10-18-15(14(11)13)12-6-4-9-19-16(12)17/h3-10H,1-2H3. The van der Waals surface area contributed by atoms with Gasteiger partial charge in [-0.25, -0.2) is 0 Å². The van der Waals surface area contributed by atoms with Gasteiger partial charge in [-0.05, 0) is 29.1 Å². The summed E-state index contributed by atoms with van der Waals surface area (Å²) in [5, 5.41) is 2.53. The van der Waals surface area contributed by atoms with Gasteiger partial charge < -0.3 is 0 Å². The normalized spacial score (nSPS) is 15.3. The minimum atomic E-state index is -0.0772. The van der Waals surface area contributed by atoms with Crippen LogP contribution in [0.25, 0.3) is 22.0 Å². The predicted molar refractivity (Wildman–Crippen MR) is 77.1 cm³/mol. The second kappa shape index (κ2) is 3.41. The minimum Gasteiger partial charge on any atom is -0.260 e. The van der Waals surface area contributed by atoms with Crippen molar-refractivity contribution in [3.63, 3.8) is 0 Å². The molecule has 0 spiro atoms. The molecule has 92 valence electrons. The van der Waals surface area contributed by atoms with E-state index in [0.29, 0.717) is 0 Å². The molecule has 2 nitrogen and oxygen atoms in total. The fourth-order valence-electron chi connectivity index (χ4n) is 3.18. The maximum Gasteiger partial charge on any atom is 0.0802 e. The summed E-state index contributed by atoms with van der Waals surface area (Å²) < 4.78 is 0. The van der Waals surface area contributed by atoms with E-state index in [2.05, 4.69) is 54.1 Å². The van der Waals surface area contributed by atoms with Gasteiger partial charge in [0.15, 0.2) is 0 Å². The lowest BCUT2D eigenvalue weighted by Crippen LogP contribution is -2.25. The van der Waals surface area contributed by atoms with Crippen molar-refractivity contribution in [2.75, 3.05) is 0 Å². The van der Waals surface area contributed by atoms with E-state index in [1.165, 1.54) is 16.3 Å². The first-order chi connectivity index (χ1) is 9.19. The summed E-state index contributed by atoms with van der Waals surface area (Å²) in [6, 6.07) is 12.7. The molecule has 4 rings (SSSR count). The molecule has 0 amide bonds. The number of fused-ring (bicyclic) bond motifs is 2. The molecular weight excluding hydrogens is 232 g/mol. The first-order valence-electron chi connectivity index (χ1n) is 6.53. The van der Waals surface area contributed by atoms with Gasteiger partial charge in [0.2, 0.25) is 0 Å². The summed E-state index contributed by atoms with van der Waals surface area (Å²) in [6.07, 6.45) is 3.76. The Kier molecular flexibility index (Phi) is 1.92. The van der Waals surface area contributed by atoms with E-state index in [1.807, 2.05) is 18.5 Å². The van der Waals surface area contributed by atoms with Crippen LogP contribution in [0.5, 0.6) is 0 Å². The molecule has 2 heteroatoms. The van der Waals surface area contributed by atoms with E-state index < -0.39 is 0 Å². The van der Waals surface area contributed by atoms with Gasteiger partial charge in [0.1, 0.15) is 0 Å². The van der Waals surface area contributed by atoms with Crippen LogP contribution in [-0.4, -0.2) is 9.97 Å². The SMILES string of the molecule is CC1(C)c2ncccc2-c2nccc3cccc1c23. The van der Waals surface area contributed by atoms with Gasteiger partial charge in [-0.2, -0.15) is 0 Å². The Morgan fingerprint density at radius 1 is 0.895 bits per heavy atom. The van der Waals surface area contributed by atoms with E-state index in [4.69, 9.17) is 0 Å². The molecule has 2 aromatic heterocycles. The highest BCUT2D eigenvalue weighted by Gasteiger charge is 2.34. The summed E-state index contributed by atoms with van der Waals surface area (Å²) in [4.78, 5) is 9.22. The second-order valence-corrected chi connectivity index (χ2v) is 5.59. The predicted octanol–water partition coefficient (Wildman–Crippen LogP) is 3.94. The Morgan fingerprint density at radius 2 is 1.79 bits per heavy atom. The van der Waals surface area contributed by atoms with Crippen LogP contribution in [0.4, 0.5) is 0 Å². The molecule has 0 unspecified atom stereocenters. The molecule has 0 saturated carbocycles. The molecular formula is C17H14N2. The maximum atomic E-state index is 4.62. The molecule has 2 heterocycles. The lowest BCUT2D eigenvalue weighted by molar-refractivity contribution is 0.620. The fraction of sp³-hybridized carbons (Fsp3) is 0.176. The Labute approximate surface area is 112 Å². The van der Waals surface area contributed by atoms with Crippen LogP contribution in [0.3, 0.4) is 0 Å². The molecule has 0 saturated heterocycles. The van der Waals surface area contributed by atoms with E-state index in [1.54, 1.807) is 0 Å². The van der Waals surface area contributed by atoms with Gasteiger partial charge in [-0.15, -0.1) is 0 Å². The smallest absolute Gasteiger partial charge is 0.0802 e. The third-order valence-electron chi connectivity index (χ3n) is 4.12. The van der Waals surface area contributed by atoms with Crippen LogP contribution in [-0.2, 0) is 5.41 Å².